The van der Waals surface area contributed by atoms with Gasteiger partial charge in [0.25, 0.3) is 0 Å². The average molecular weight is 433 g/mol. The van der Waals surface area contributed by atoms with E-state index in [2.05, 4.69) is 15.3 Å². The molecule has 0 radical (unpaired) electrons. The Morgan fingerprint density at radius 1 is 1.31 bits per heavy atom. The van der Waals surface area contributed by atoms with Crippen LogP contribution < -0.4 is 5.32 Å². The minimum absolute atomic E-state index is 0.0608. The quantitative estimate of drug-likeness (QED) is 0.473. The van der Waals surface area contributed by atoms with Crippen LogP contribution in [0.3, 0.4) is 0 Å². The number of allylic oxidation sites excluding steroid dienone is 1. The summed E-state index contributed by atoms with van der Waals surface area (Å²) >= 11 is 0. The van der Waals surface area contributed by atoms with Gasteiger partial charge in [0.2, 0.25) is 5.88 Å². The monoisotopic (exact) mass is 433 g/mol. The van der Waals surface area contributed by atoms with Crippen LogP contribution in [0.15, 0.2) is 45.9 Å². The van der Waals surface area contributed by atoms with Crippen LogP contribution in [-0.2, 0) is 11.2 Å². The van der Waals surface area contributed by atoms with E-state index in [1.54, 1.807) is 31.5 Å². The number of aliphatic hydroxyl groups excluding tert-OH is 1. The summed E-state index contributed by atoms with van der Waals surface area (Å²) < 4.78 is 11.0. The maximum absolute atomic E-state index is 12.6. The number of aromatic nitrogens is 1. The standard InChI is InChI=1S/C24H23N3O5/c1-3-31-24(30)20-21(29)19(12-16-13-26-22-17(16)5-4-9-25-22)32-23(20)27-18-7-6-15(8-10-28)11-14(18)2/h4-7,9,11-13,27-29H,3,8,10H2,1-2H3. The zero-order valence-electron chi connectivity index (χ0n) is 17.8. The minimum Gasteiger partial charge on any atom is -0.504 e. The van der Waals surface area contributed by atoms with Crippen molar-refractivity contribution in [2.45, 2.75) is 20.3 Å². The molecule has 0 saturated carbocycles. The fraction of sp³-hybridized carbons (Fsp3) is 0.208. The number of anilines is 2. The molecule has 0 unspecified atom stereocenters. The lowest BCUT2D eigenvalue weighted by Gasteiger charge is -2.10. The molecule has 0 atom stereocenters. The molecule has 0 spiro atoms. The Balaban J connectivity index is 1.74. The Hall–Kier alpha value is -3.91. The van der Waals surface area contributed by atoms with Gasteiger partial charge in [-0.05, 0) is 55.7 Å². The summed E-state index contributed by atoms with van der Waals surface area (Å²) in [4.78, 5) is 21.0. The number of nitrogens with one attached hydrogen (secondary N) is 1. The Labute approximate surface area is 184 Å². The molecule has 1 aromatic carbocycles. The van der Waals surface area contributed by atoms with E-state index in [0.29, 0.717) is 23.5 Å². The molecular formula is C24H23N3O5. The second-order valence-electron chi connectivity index (χ2n) is 7.22. The van der Waals surface area contributed by atoms with Crippen LogP contribution in [0.5, 0.6) is 5.75 Å². The van der Waals surface area contributed by atoms with E-state index >= 15 is 0 Å². The van der Waals surface area contributed by atoms with E-state index in [4.69, 9.17) is 14.3 Å². The van der Waals surface area contributed by atoms with E-state index in [1.807, 2.05) is 31.2 Å². The van der Waals surface area contributed by atoms with Gasteiger partial charge in [-0.15, -0.1) is 0 Å². The zero-order valence-corrected chi connectivity index (χ0v) is 17.8. The highest BCUT2D eigenvalue weighted by atomic mass is 16.5. The van der Waals surface area contributed by atoms with Gasteiger partial charge in [-0.1, -0.05) is 12.1 Å². The number of carbonyl (C=O) groups is 1. The van der Waals surface area contributed by atoms with Gasteiger partial charge in [0.05, 0.1) is 6.61 Å². The number of aromatic hydroxyl groups is 1. The normalized spacial score (nSPS) is 13.4. The number of rotatable bonds is 7. The Morgan fingerprint density at radius 3 is 2.91 bits per heavy atom. The third-order valence-corrected chi connectivity index (χ3v) is 5.04. The van der Waals surface area contributed by atoms with Crippen molar-refractivity contribution in [2.75, 3.05) is 18.5 Å². The number of aliphatic imine (C=N–C) groups is 1. The molecule has 3 aromatic rings. The van der Waals surface area contributed by atoms with Gasteiger partial charge in [0.1, 0.15) is 0 Å². The number of furan rings is 1. The predicted molar refractivity (Wildman–Crippen MR) is 122 cm³/mol. The van der Waals surface area contributed by atoms with Crippen molar-refractivity contribution >= 4 is 41.2 Å². The highest BCUT2D eigenvalue weighted by molar-refractivity contribution is 6.21. The van der Waals surface area contributed by atoms with Gasteiger partial charge in [-0.3, -0.25) is 0 Å². The van der Waals surface area contributed by atoms with Gasteiger partial charge in [0, 0.05) is 35.8 Å². The molecule has 4 rings (SSSR count). The van der Waals surface area contributed by atoms with Crippen LogP contribution in [0.2, 0.25) is 0 Å². The van der Waals surface area contributed by atoms with Crippen molar-refractivity contribution in [3.63, 3.8) is 0 Å². The number of fused-ring (bicyclic) bond motifs is 1. The van der Waals surface area contributed by atoms with Crippen LogP contribution in [0.1, 0.15) is 39.7 Å². The first-order valence-corrected chi connectivity index (χ1v) is 10.2. The number of benzene rings is 1. The molecule has 0 aliphatic carbocycles. The van der Waals surface area contributed by atoms with Crippen molar-refractivity contribution in [3.05, 3.63) is 64.5 Å². The Morgan fingerprint density at radius 2 is 2.16 bits per heavy atom. The third-order valence-electron chi connectivity index (χ3n) is 5.04. The molecule has 0 amide bonds. The van der Waals surface area contributed by atoms with E-state index in [9.17, 15) is 9.90 Å². The first-order chi connectivity index (χ1) is 15.5. The lowest BCUT2D eigenvalue weighted by molar-refractivity contribution is 0.0524. The first kappa shape index (κ1) is 21.3. The van der Waals surface area contributed by atoms with Gasteiger partial charge in [-0.2, -0.15) is 0 Å². The lowest BCUT2D eigenvalue weighted by Crippen LogP contribution is -2.06. The summed E-state index contributed by atoms with van der Waals surface area (Å²) in [6.45, 7) is 3.80. The van der Waals surface area contributed by atoms with Crippen LogP contribution >= 0.6 is 0 Å². The van der Waals surface area contributed by atoms with Crippen molar-refractivity contribution in [1.82, 2.24) is 4.98 Å². The van der Waals surface area contributed by atoms with Crippen molar-refractivity contribution in [3.8, 4) is 5.75 Å². The maximum Gasteiger partial charge on any atom is 0.347 e. The van der Waals surface area contributed by atoms with E-state index in [0.717, 1.165) is 16.7 Å². The fourth-order valence-electron chi connectivity index (χ4n) is 3.47. The summed E-state index contributed by atoms with van der Waals surface area (Å²) in [5, 5.41) is 23.0. The largest absolute Gasteiger partial charge is 0.504 e. The minimum atomic E-state index is -0.697. The van der Waals surface area contributed by atoms with Crippen LogP contribution in [-0.4, -0.2) is 40.6 Å². The average Bonchev–Trinajstić information content (AvgIpc) is 3.32. The molecule has 8 heteroatoms. The topological polar surface area (TPSA) is 117 Å². The number of carbonyl (C=O) groups excluding carboxylic acids is 1. The lowest BCUT2D eigenvalue weighted by atomic mass is 10.1. The SMILES string of the molecule is CCOC(=O)c1c(Nc2ccc(CCO)cc2C)oc(C=C2C=Nc3ncccc32)c1O. The number of pyridine rings is 1. The van der Waals surface area contributed by atoms with Gasteiger partial charge in [0.15, 0.2) is 22.9 Å². The van der Waals surface area contributed by atoms with Crippen LogP contribution in [0.25, 0.3) is 11.6 Å². The Bertz CT molecular complexity index is 1230. The van der Waals surface area contributed by atoms with Gasteiger partial charge in [-0.25, -0.2) is 14.8 Å². The van der Waals surface area contributed by atoms with Crippen LogP contribution in [0.4, 0.5) is 17.4 Å². The highest BCUT2D eigenvalue weighted by Gasteiger charge is 2.27. The van der Waals surface area contributed by atoms with Gasteiger partial charge >= 0.3 is 5.97 Å². The second-order valence-corrected chi connectivity index (χ2v) is 7.22. The highest BCUT2D eigenvalue weighted by Crippen LogP contribution is 2.39. The molecule has 8 nitrogen and oxygen atoms in total. The number of hydrogen-bond donors (Lipinski definition) is 3. The molecule has 1 aliphatic rings. The Kier molecular flexibility index (Phi) is 6.04. The third kappa shape index (κ3) is 4.13. The molecule has 0 saturated heterocycles. The molecule has 1 aliphatic heterocycles. The number of aliphatic hydroxyl groups is 1. The van der Waals surface area contributed by atoms with Gasteiger partial charge < -0.3 is 24.7 Å². The smallest absolute Gasteiger partial charge is 0.347 e. The number of esters is 1. The fourth-order valence-corrected chi connectivity index (χ4v) is 3.47. The number of hydrogen-bond acceptors (Lipinski definition) is 8. The summed E-state index contributed by atoms with van der Waals surface area (Å²) in [5.74, 6) is -0.265. The van der Waals surface area contributed by atoms with Crippen molar-refractivity contribution in [2.24, 2.45) is 4.99 Å². The molecule has 164 valence electrons. The summed E-state index contributed by atoms with van der Waals surface area (Å²) in [5.41, 5.74) is 3.99. The first-order valence-electron chi connectivity index (χ1n) is 10.2. The van der Waals surface area contributed by atoms with E-state index in [-0.39, 0.29) is 36.2 Å². The maximum atomic E-state index is 12.6. The molecule has 2 aromatic heterocycles. The summed E-state index contributed by atoms with van der Waals surface area (Å²) in [6, 6.07) is 9.30. The summed E-state index contributed by atoms with van der Waals surface area (Å²) in [7, 11) is 0. The second kappa shape index (κ2) is 9.07. The predicted octanol–water partition coefficient (Wildman–Crippen LogP) is 4.40. The molecule has 3 N–H and O–H groups in total. The molecule has 32 heavy (non-hydrogen) atoms. The number of nitrogens with zero attached hydrogens (tertiary/aromatic N) is 2. The molecular weight excluding hydrogens is 410 g/mol. The molecule has 3 heterocycles. The van der Waals surface area contributed by atoms with Crippen molar-refractivity contribution in [1.29, 1.82) is 0 Å². The molecule has 0 fully saturated rings. The van der Waals surface area contributed by atoms with E-state index < -0.39 is 5.97 Å². The van der Waals surface area contributed by atoms with Crippen molar-refractivity contribution < 1.29 is 24.2 Å². The summed E-state index contributed by atoms with van der Waals surface area (Å²) in [6.07, 6.45) is 5.43. The number of ether oxygens (including phenoxy) is 1. The zero-order chi connectivity index (χ0) is 22.7. The number of aryl methyl sites for hydroxylation is 1. The molecule has 0 bridgehead atoms. The van der Waals surface area contributed by atoms with E-state index in [1.165, 1.54) is 0 Å². The van der Waals surface area contributed by atoms with Crippen LogP contribution in [0, 0.1) is 6.92 Å².